The van der Waals surface area contributed by atoms with E-state index in [2.05, 4.69) is 39.9 Å². The Morgan fingerprint density at radius 1 is 1.29 bits per heavy atom. The van der Waals surface area contributed by atoms with Crippen molar-refractivity contribution in [3.8, 4) is 0 Å². The van der Waals surface area contributed by atoms with Gasteiger partial charge in [-0.1, -0.05) is 30.3 Å². The summed E-state index contributed by atoms with van der Waals surface area (Å²) in [7, 11) is 0. The second kappa shape index (κ2) is 7.09. The Kier molecular flexibility index (Phi) is 4.90. The molecule has 3 rings (SSSR count). The van der Waals surface area contributed by atoms with Crippen LogP contribution in [0, 0.1) is 0 Å². The van der Waals surface area contributed by atoms with E-state index < -0.39 is 5.60 Å². The number of hydrogen-bond donors (Lipinski definition) is 3. The summed E-state index contributed by atoms with van der Waals surface area (Å²) in [5.74, 6) is 1.78. The van der Waals surface area contributed by atoms with Crippen LogP contribution in [0.5, 0.6) is 0 Å². The topological polar surface area (TPSA) is 69.8 Å². The first-order valence-electron chi connectivity index (χ1n) is 8.46. The third kappa shape index (κ3) is 3.97. The van der Waals surface area contributed by atoms with Gasteiger partial charge < -0.3 is 20.2 Å². The molecule has 1 aliphatic rings. The zero-order valence-corrected chi connectivity index (χ0v) is 14.2. The van der Waals surface area contributed by atoms with Crippen molar-refractivity contribution >= 4 is 5.96 Å². The molecule has 1 aromatic carbocycles. The van der Waals surface area contributed by atoms with E-state index in [0.29, 0.717) is 17.7 Å². The van der Waals surface area contributed by atoms with Gasteiger partial charge in [0.1, 0.15) is 11.4 Å². The van der Waals surface area contributed by atoms with Crippen LogP contribution in [0.15, 0.2) is 58.1 Å². The van der Waals surface area contributed by atoms with E-state index in [4.69, 9.17) is 4.42 Å². The molecule has 0 spiro atoms. The largest absolute Gasteiger partial charge is 0.466 e. The molecule has 5 heteroatoms. The second-order valence-corrected chi connectivity index (χ2v) is 6.45. The maximum absolute atomic E-state index is 10.5. The molecule has 0 bridgehead atoms. The standard InChI is InChI=1S/C19H25N3O2/c1-3-20-18(21-13-19(2,23)17-10-7-11-24-17)22-16-12-15(16)14-8-5-4-6-9-14/h4-11,15-16,23H,3,12-13H2,1-2H3,(H2,20,21,22). The molecule has 5 nitrogen and oxygen atoms in total. The Bertz CT molecular complexity index is 665. The molecule has 0 radical (unpaired) electrons. The first kappa shape index (κ1) is 16.6. The number of nitrogens with zero attached hydrogens (tertiary/aromatic N) is 1. The SMILES string of the molecule is CCNC(=NCC(C)(O)c1ccco1)NC1CC1c1ccccc1. The predicted molar refractivity (Wildman–Crippen MR) is 95.0 cm³/mol. The fourth-order valence-corrected chi connectivity index (χ4v) is 2.81. The molecule has 3 N–H and O–H groups in total. The quantitative estimate of drug-likeness (QED) is 0.563. The van der Waals surface area contributed by atoms with Crippen molar-refractivity contribution in [2.24, 2.45) is 4.99 Å². The summed E-state index contributed by atoms with van der Waals surface area (Å²) < 4.78 is 5.30. The number of benzene rings is 1. The molecule has 1 fully saturated rings. The fourth-order valence-electron chi connectivity index (χ4n) is 2.81. The average Bonchev–Trinajstić information content (AvgIpc) is 3.11. The van der Waals surface area contributed by atoms with Gasteiger partial charge in [0.15, 0.2) is 5.96 Å². The van der Waals surface area contributed by atoms with E-state index in [-0.39, 0.29) is 6.54 Å². The van der Waals surface area contributed by atoms with E-state index in [1.165, 1.54) is 5.56 Å². The average molecular weight is 327 g/mol. The fraction of sp³-hybridized carbons (Fsp3) is 0.421. The molecular formula is C19H25N3O2. The van der Waals surface area contributed by atoms with Gasteiger partial charge in [-0.2, -0.15) is 0 Å². The number of furan rings is 1. The molecule has 3 unspecified atom stereocenters. The van der Waals surface area contributed by atoms with Crippen molar-refractivity contribution in [1.82, 2.24) is 10.6 Å². The van der Waals surface area contributed by atoms with Crippen molar-refractivity contribution in [3.05, 3.63) is 60.1 Å². The Morgan fingerprint density at radius 3 is 2.75 bits per heavy atom. The highest BCUT2D eigenvalue weighted by molar-refractivity contribution is 5.80. The van der Waals surface area contributed by atoms with Crippen molar-refractivity contribution in [2.75, 3.05) is 13.1 Å². The van der Waals surface area contributed by atoms with Gasteiger partial charge >= 0.3 is 0 Å². The third-order valence-electron chi connectivity index (χ3n) is 4.28. The molecule has 0 saturated heterocycles. The zero-order valence-electron chi connectivity index (χ0n) is 14.2. The molecule has 0 amide bonds. The number of aliphatic imine (C=N–C) groups is 1. The number of nitrogens with one attached hydrogen (secondary N) is 2. The van der Waals surface area contributed by atoms with Crippen molar-refractivity contribution in [2.45, 2.75) is 37.8 Å². The maximum Gasteiger partial charge on any atom is 0.191 e. The summed E-state index contributed by atoms with van der Waals surface area (Å²) in [4.78, 5) is 4.53. The van der Waals surface area contributed by atoms with E-state index >= 15 is 0 Å². The lowest BCUT2D eigenvalue weighted by molar-refractivity contribution is 0.0437. The summed E-state index contributed by atoms with van der Waals surface area (Å²) in [6.07, 6.45) is 2.66. The number of hydrogen-bond acceptors (Lipinski definition) is 3. The first-order valence-corrected chi connectivity index (χ1v) is 8.46. The van der Waals surface area contributed by atoms with Crippen molar-refractivity contribution < 1.29 is 9.52 Å². The highest BCUT2D eigenvalue weighted by Gasteiger charge is 2.39. The summed E-state index contributed by atoms with van der Waals surface area (Å²) in [6, 6.07) is 14.4. The molecule has 128 valence electrons. The second-order valence-electron chi connectivity index (χ2n) is 6.45. The summed E-state index contributed by atoms with van der Waals surface area (Å²) in [6.45, 7) is 4.75. The minimum atomic E-state index is -1.12. The van der Waals surface area contributed by atoms with Crippen LogP contribution < -0.4 is 10.6 Å². The lowest BCUT2D eigenvalue weighted by atomic mass is 10.0. The van der Waals surface area contributed by atoms with Gasteiger partial charge in [-0.15, -0.1) is 0 Å². The smallest absolute Gasteiger partial charge is 0.191 e. The van der Waals surface area contributed by atoms with E-state index in [1.54, 1.807) is 25.3 Å². The summed E-state index contributed by atoms with van der Waals surface area (Å²) >= 11 is 0. The molecular weight excluding hydrogens is 302 g/mol. The van der Waals surface area contributed by atoms with Gasteiger partial charge in [-0.25, -0.2) is 4.99 Å². The molecule has 1 saturated carbocycles. The van der Waals surface area contributed by atoms with E-state index in [0.717, 1.165) is 18.9 Å². The highest BCUT2D eigenvalue weighted by atomic mass is 16.4. The summed E-state index contributed by atoms with van der Waals surface area (Å²) in [5.41, 5.74) is 0.238. The van der Waals surface area contributed by atoms with Crippen LogP contribution in [-0.4, -0.2) is 30.2 Å². The van der Waals surface area contributed by atoms with Crippen molar-refractivity contribution in [1.29, 1.82) is 0 Å². The van der Waals surface area contributed by atoms with Gasteiger partial charge in [0.2, 0.25) is 0 Å². The zero-order chi connectivity index (χ0) is 17.0. The van der Waals surface area contributed by atoms with Gasteiger partial charge in [-0.3, -0.25) is 0 Å². The number of aliphatic hydroxyl groups is 1. The van der Waals surface area contributed by atoms with Gasteiger partial charge in [-0.05, 0) is 38.0 Å². The van der Waals surface area contributed by atoms with Gasteiger partial charge in [0, 0.05) is 18.5 Å². The molecule has 1 heterocycles. The van der Waals surface area contributed by atoms with Crippen LogP contribution in [0.25, 0.3) is 0 Å². The number of rotatable bonds is 6. The summed E-state index contributed by atoms with van der Waals surface area (Å²) in [5, 5.41) is 17.2. The monoisotopic (exact) mass is 327 g/mol. The van der Waals surface area contributed by atoms with Crippen LogP contribution in [0.4, 0.5) is 0 Å². The van der Waals surface area contributed by atoms with Crippen LogP contribution in [0.3, 0.4) is 0 Å². The Labute approximate surface area is 142 Å². The molecule has 1 aliphatic carbocycles. The first-order chi connectivity index (χ1) is 11.6. The van der Waals surface area contributed by atoms with Gasteiger partial charge in [0.25, 0.3) is 0 Å². The highest BCUT2D eigenvalue weighted by Crippen LogP contribution is 2.40. The predicted octanol–water partition coefficient (Wildman–Crippen LogP) is 2.60. The van der Waals surface area contributed by atoms with Crippen LogP contribution in [0.2, 0.25) is 0 Å². The lowest BCUT2D eigenvalue weighted by Gasteiger charge is -2.19. The minimum Gasteiger partial charge on any atom is -0.466 e. The van der Waals surface area contributed by atoms with Crippen LogP contribution in [-0.2, 0) is 5.60 Å². The normalized spacial score (nSPS) is 22.7. The lowest BCUT2D eigenvalue weighted by Crippen LogP contribution is -2.40. The van der Waals surface area contributed by atoms with E-state index in [9.17, 15) is 5.11 Å². The molecule has 24 heavy (non-hydrogen) atoms. The molecule has 3 atom stereocenters. The molecule has 2 aromatic rings. The van der Waals surface area contributed by atoms with Gasteiger partial charge in [0.05, 0.1) is 12.8 Å². The maximum atomic E-state index is 10.5. The Morgan fingerprint density at radius 2 is 2.08 bits per heavy atom. The minimum absolute atomic E-state index is 0.235. The molecule has 1 aromatic heterocycles. The van der Waals surface area contributed by atoms with E-state index in [1.807, 2.05) is 13.0 Å². The van der Waals surface area contributed by atoms with Crippen LogP contribution >= 0.6 is 0 Å². The molecule has 0 aliphatic heterocycles. The van der Waals surface area contributed by atoms with Crippen LogP contribution in [0.1, 0.15) is 37.5 Å². The van der Waals surface area contributed by atoms with Crippen molar-refractivity contribution in [3.63, 3.8) is 0 Å². The Hall–Kier alpha value is -2.27. The third-order valence-corrected chi connectivity index (χ3v) is 4.28. The number of guanidine groups is 1. The Balaban J connectivity index is 1.61.